The molecule has 0 saturated carbocycles. The molecule has 0 saturated heterocycles. The standard InChI is InChI=1S/C20H21N3O2S/c1-12-5-7-14(3)15(9-12)21-19(24)17-11-26-20(23-17)22-16-10-13(2)6-8-18(16)25-4/h5-11H,1-4H3,(H,21,24)(H,22,23). The van der Waals surface area contributed by atoms with Gasteiger partial charge in [0.1, 0.15) is 11.4 Å². The highest BCUT2D eigenvalue weighted by Gasteiger charge is 2.13. The van der Waals surface area contributed by atoms with Gasteiger partial charge in [-0.3, -0.25) is 4.79 Å². The number of nitrogens with one attached hydrogen (secondary N) is 2. The van der Waals surface area contributed by atoms with Gasteiger partial charge in [-0.15, -0.1) is 11.3 Å². The highest BCUT2D eigenvalue weighted by atomic mass is 32.1. The van der Waals surface area contributed by atoms with Crippen molar-refractivity contribution >= 4 is 33.8 Å². The van der Waals surface area contributed by atoms with E-state index in [1.807, 2.05) is 57.2 Å². The van der Waals surface area contributed by atoms with Gasteiger partial charge in [0.15, 0.2) is 5.13 Å². The molecule has 3 rings (SSSR count). The summed E-state index contributed by atoms with van der Waals surface area (Å²) in [6, 6.07) is 11.8. The van der Waals surface area contributed by atoms with E-state index in [4.69, 9.17) is 4.74 Å². The molecule has 1 aromatic heterocycles. The fraction of sp³-hybridized carbons (Fsp3) is 0.200. The van der Waals surface area contributed by atoms with Gasteiger partial charge in [-0.1, -0.05) is 18.2 Å². The number of aryl methyl sites for hydroxylation is 3. The fourth-order valence-electron chi connectivity index (χ4n) is 2.53. The predicted molar refractivity (Wildman–Crippen MR) is 107 cm³/mol. The van der Waals surface area contributed by atoms with Crippen molar-refractivity contribution in [3.05, 3.63) is 64.2 Å². The maximum Gasteiger partial charge on any atom is 0.275 e. The van der Waals surface area contributed by atoms with Crippen molar-refractivity contribution in [2.24, 2.45) is 0 Å². The SMILES string of the molecule is COc1ccc(C)cc1Nc1nc(C(=O)Nc2cc(C)ccc2C)cs1. The molecule has 2 N–H and O–H groups in total. The summed E-state index contributed by atoms with van der Waals surface area (Å²) in [5, 5.41) is 8.54. The first-order chi connectivity index (χ1) is 12.5. The number of anilines is 3. The lowest BCUT2D eigenvalue weighted by molar-refractivity contribution is 0.102. The van der Waals surface area contributed by atoms with E-state index in [-0.39, 0.29) is 5.91 Å². The van der Waals surface area contributed by atoms with Gasteiger partial charge in [0, 0.05) is 11.1 Å². The molecule has 0 bridgehead atoms. The molecule has 26 heavy (non-hydrogen) atoms. The lowest BCUT2D eigenvalue weighted by atomic mass is 10.1. The molecule has 0 aliphatic heterocycles. The molecule has 0 aliphatic rings. The van der Waals surface area contributed by atoms with Gasteiger partial charge in [-0.2, -0.15) is 0 Å². The van der Waals surface area contributed by atoms with E-state index < -0.39 is 0 Å². The monoisotopic (exact) mass is 367 g/mol. The van der Waals surface area contributed by atoms with Crippen molar-refractivity contribution in [3.63, 3.8) is 0 Å². The number of hydrogen-bond acceptors (Lipinski definition) is 5. The molecule has 1 heterocycles. The molecule has 0 unspecified atom stereocenters. The van der Waals surface area contributed by atoms with E-state index in [2.05, 4.69) is 15.6 Å². The van der Waals surface area contributed by atoms with Crippen molar-refractivity contribution in [3.8, 4) is 5.75 Å². The van der Waals surface area contributed by atoms with Crippen LogP contribution in [-0.2, 0) is 0 Å². The molecule has 0 spiro atoms. The summed E-state index contributed by atoms with van der Waals surface area (Å²) in [4.78, 5) is 16.9. The van der Waals surface area contributed by atoms with Crippen LogP contribution in [0.4, 0.5) is 16.5 Å². The highest BCUT2D eigenvalue weighted by Crippen LogP contribution is 2.30. The van der Waals surface area contributed by atoms with Crippen LogP contribution in [0.5, 0.6) is 5.75 Å². The Hall–Kier alpha value is -2.86. The van der Waals surface area contributed by atoms with Crippen LogP contribution < -0.4 is 15.4 Å². The van der Waals surface area contributed by atoms with Gasteiger partial charge in [0.05, 0.1) is 12.8 Å². The summed E-state index contributed by atoms with van der Waals surface area (Å²) in [5.41, 5.74) is 5.23. The van der Waals surface area contributed by atoms with Crippen LogP contribution in [0.1, 0.15) is 27.2 Å². The van der Waals surface area contributed by atoms with Gasteiger partial charge in [0.2, 0.25) is 0 Å². The number of hydrogen-bond donors (Lipinski definition) is 2. The highest BCUT2D eigenvalue weighted by molar-refractivity contribution is 7.14. The lowest BCUT2D eigenvalue weighted by Crippen LogP contribution is -2.13. The number of carbonyl (C=O) groups excluding carboxylic acids is 1. The summed E-state index contributed by atoms with van der Waals surface area (Å²) in [6.45, 7) is 5.97. The Bertz CT molecular complexity index is 950. The number of carbonyl (C=O) groups is 1. The van der Waals surface area contributed by atoms with Crippen LogP contribution in [0.2, 0.25) is 0 Å². The van der Waals surface area contributed by atoms with E-state index in [0.29, 0.717) is 10.8 Å². The van der Waals surface area contributed by atoms with Crippen LogP contribution >= 0.6 is 11.3 Å². The summed E-state index contributed by atoms with van der Waals surface area (Å²) in [5.74, 6) is 0.506. The zero-order valence-electron chi connectivity index (χ0n) is 15.2. The number of aromatic nitrogens is 1. The Labute approximate surface area is 157 Å². The minimum atomic E-state index is -0.223. The maximum atomic E-state index is 12.5. The van der Waals surface area contributed by atoms with Gasteiger partial charge >= 0.3 is 0 Å². The third-order valence-electron chi connectivity index (χ3n) is 3.97. The van der Waals surface area contributed by atoms with Gasteiger partial charge in [-0.05, 0) is 55.7 Å². The van der Waals surface area contributed by atoms with E-state index in [9.17, 15) is 4.79 Å². The van der Waals surface area contributed by atoms with Gasteiger partial charge < -0.3 is 15.4 Å². The van der Waals surface area contributed by atoms with Crippen molar-refractivity contribution in [1.29, 1.82) is 0 Å². The average Bonchev–Trinajstić information content (AvgIpc) is 3.07. The molecular weight excluding hydrogens is 346 g/mol. The number of ether oxygens (including phenoxy) is 1. The van der Waals surface area contributed by atoms with E-state index in [0.717, 1.165) is 33.8 Å². The Kier molecular flexibility index (Phi) is 5.23. The number of benzene rings is 2. The van der Waals surface area contributed by atoms with Crippen molar-refractivity contribution in [2.45, 2.75) is 20.8 Å². The minimum Gasteiger partial charge on any atom is -0.495 e. The number of methoxy groups -OCH3 is 1. The summed E-state index contributed by atoms with van der Waals surface area (Å²) in [6.07, 6.45) is 0. The first kappa shape index (κ1) is 17.9. The summed E-state index contributed by atoms with van der Waals surface area (Å²) >= 11 is 1.38. The van der Waals surface area contributed by atoms with Crippen LogP contribution in [-0.4, -0.2) is 18.0 Å². The van der Waals surface area contributed by atoms with Gasteiger partial charge in [0.25, 0.3) is 5.91 Å². The van der Waals surface area contributed by atoms with Gasteiger partial charge in [-0.25, -0.2) is 4.98 Å². The first-order valence-corrected chi connectivity index (χ1v) is 9.10. The molecule has 0 atom stereocenters. The van der Waals surface area contributed by atoms with Crippen molar-refractivity contribution in [2.75, 3.05) is 17.7 Å². The van der Waals surface area contributed by atoms with E-state index >= 15 is 0 Å². The molecule has 1 amide bonds. The molecule has 6 heteroatoms. The normalized spacial score (nSPS) is 10.5. The Morgan fingerprint density at radius 1 is 1.04 bits per heavy atom. The molecule has 134 valence electrons. The van der Waals surface area contributed by atoms with E-state index in [1.165, 1.54) is 11.3 Å². The minimum absolute atomic E-state index is 0.223. The predicted octanol–water partition coefficient (Wildman–Crippen LogP) is 5.07. The third kappa shape index (κ3) is 4.03. The molecular formula is C20H21N3O2S. The Morgan fingerprint density at radius 2 is 1.73 bits per heavy atom. The van der Waals surface area contributed by atoms with E-state index in [1.54, 1.807) is 12.5 Å². The average molecular weight is 367 g/mol. The smallest absolute Gasteiger partial charge is 0.275 e. The summed E-state index contributed by atoms with van der Waals surface area (Å²) in [7, 11) is 1.63. The maximum absolute atomic E-state index is 12.5. The number of thiazole rings is 1. The number of amides is 1. The Balaban J connectivity index is 1.76. The quantitative estimate of drug-likeness (QED) is 0.661. The first-order valence-electron chi connectivity index (χ1n) is 8.22. The van der Waals surface area contributed by atoms with Crippen LogP contribution in [0.15, 0.2) is 41.8 Å². The molecule has 0 aliphatic carbocycles. The Morgan fingerprint density at radius 3 is 2.46 bits per heavy atom. The van der Waals surface area contributed by atoms with Crippen LogP contribution in [0.25, 0.3) is 0 Å². The number of nitrogens with zero attached hydrogens (tertiary/aromatic N) is 1. The molecule has 0 radical (unpaired) electrons. The largest absolute Gasteiger partial charge is 0.495 e. The summed E-state index contributed by atoms with van der Waals surface area (Å²) < 4.78 is 5.37. The fourth-order valence-corrected chi connectivity index (χ4v) is 3.23. The second-order valence-corrected chi connectivity index (χ2v) is 7.00. The lowest BCUT2D eigenvalue weighted by Gasteiger charge is -2.10. The molecule has 5 nitrogen and oxygen atoms in total. The van der Waals surface area contributed by atoms with Crippen molar-refractivity contribution < 1.29 is 9.53 Å². The van der Waals surface area contributed by atoms with Crippen LogP contribution in [0, 0.1) is 20.8 Å². The molecule has 0 fully saturated rings. The number of rotatable bonds is 5. The van der Waals surface area contributed by atoms with Crippen LogP contribution in [0.3, 0.4) is 0 Å². The zero-order chi connectivity index (χ0) is 18.7. The third-order valence-corrected chi connectivity index (χ3v) is 4.73. The molecule has 3 aromatic rings. The topological polar surface area (TPSA) is 63.2 Å². The van der Waals surface area contributed by atoms with Crippen molar-refractivity contribution in [1.82, 2.24) is 4.98 Å². The second kappa shape index (κ2) is 7.58. The molecule has 2 aromatic carbocycles. The zero-order valence-corrected chi connectivity index (χ0v) is 16.0. The second-order valence-electron chi connectivity index (χ2n) is 6.14.